The molecule has 0 aliphatic rings. The predicted molar refractivity (Wildman–Crippen MR) is 84.0 cm³/mol. The number of halogens is 1. The molecule has 2 aromatic rings. The lowest BCUT2D eigenvalue weighted by molar-refractivity contribution is -0.117. The van der Waals surface area contributed by atoms with Crippen molar-refractivity contribution in [2.45, 2.75) is 6.92 Å². The van der Waals surface area contributed by atoms with E-state index in [0.29, 0.717) is 16.3 Å². The zero-order valence-electron chi connectivity index (χ0n) is 11.5. The van der Waals surface area contributed by atoms with Crippen LogP contribution in [0.5, 0.6) is 0 Å². The minimum atomic E-state index is -0.256. The van der Waals surface area contributed by atoms with Gasteiger partial charge in [-0.3, -0.25) is 9.59 Å². The summed E-state index contributed by atoms with van der Waals surface area (Å²) in [4.78, 5) is 23.6. The van der Waals surface area contributed by atoms with Crippen molar-refractivity contribution in [3.63, 3.8) is 0 Å². The van der Waals surface area contributed by atoms with Crippen LogP contribution < -0.4 is 5.32 Å². The molecule has 0 unspecified atom stereocenters. The maximum absolute atomic E-state index is 12.3. The van der Waals surface area contributed by atoms with Crippen LogP contribution in [0.15, 0.2) is 60.7 Å². The van der Waals surface area contributed by atoms with E-state index in [4.69, 9.17) is 11.6 Å². The highest BCUT2D eigenvalue weighted by atomic mass is 35.5. The average Bonchev–Trinajstić information content (AvgIpc) is 2.47. The number of carbonyl (C=O) groups excluding carboxylic acids is 2. The smallest absolute Gasteiger partial charge is 0.221 e. The molecule has 0 fully saturated rings. The summed E-state index contributed by atoms with van der Waals surface area (Å²) in [5, 5.41) is 3.06. The molecule has 1 N–H and O–H groups in total. The first-order valence-corrected chi connectivity index (χ1v) is 6.79. The quantitative estimate of drug-likeness (QED) is 0.691. The van der Waals surface area contributed by atoms with Crippen LogP contribution in [0.3, 0.4) is 0 Å². The number of ketones is 1. The minimum Gasteiger partial charge on any atom is -0.326 e. The van der Waals surface area contributed by atoms with Gasteiger partial charge >= 0.3 is 0 Å². The summed E-state index contributed by atoms with van der Waals surface area (Å²) in [7, 11) is 0. The highest BCUT2D eigenvalue weighted by Crippen LogP contribution is 2.18. The molecule has 4 heteroatoms. The van der Waals surface area contributed by atoms with Gasteiger partial charge in [0.05, 0.1) is 10.7 Å². The van der Waals surface area contributed by atoms with Crippen molar-refractivity contribution in [1.29, 1.82) is 0 Å². The summed E-state index contributed by atoms with van der Waals surface area (Å²) in [6.45, 7) is 1.40. The lowest BCUT2D eigenvalue weighted by Gasteiger charge is -2.08. The molecule has 1 amide bonds. The Labute approximate surface area is 128 Å². The van der Waals surface area contributed by atoms with E-state index in [2.05, 4.69) is 5.32 Å². The number of carbonyl (C=O) groups is 2. The van der Waals surface area contributed by atoms with Gasteiger partial charge in [-0.2, -0.15) is 0 Å². The van der Waals surface area contributed by atoms with Crippen molar-refractivity contribution in [3.05, 3.63) is 76.8 Å². The first-order chi connectivity index (χ1) is 10.1. The van der Waals surface area contributed by atoms with E-state index in [1.54, 1.807) is 24.3 Å². The van der Waals surface area contributed by atoms with Gasteiger partial charge in [-0.15, -0.1) is 0 Å². The largest absolute Gasteiger partial charge is 0.326 e. The van der Waals surface area contributed by atoms with Gasteiger partial charge in [0.2, 0.25) is 5.91 Å². The Morgan fingerprint density at radius 2 is 1.62 bits per heavy atom. The standard InChI is InChI=1S/C17H14ClNO2/c1-12(20)19-16(13-7-3-2-4-8-13)11-17(21)14-9-5-6-10-15(14)18/h2-11H,1H3,(H,19,20)/b16-11-. The number of amides is 1. The molecular formula is C17H14ClNO2. The van der Waals surface area contributed by atoms with E-state index in [-0.39, 0.29) is 11.7 Å². The van der Waals surface area contributed by atoms with Crippen molar-refractivity contribution >= 4 is 29.0 Å². The van der Waals surface area contributed by atoms with Gasteiger partial charge in [-0.05, 0) is 17.7 Å². The fraction of sp³-hybridized carbons (Fsp3) is 0.0588. The van der Waals surface area contributed by atoms with Crippen LogP contribution in [0.4, 0.5) is 0 Å². The van der Waals surface area contributed by atoms with Crippen molar-refractivity contribution < 1.29 is 9.59 Å². The number of hydrogen-bond acceptors (Lipinski definition) is 2. The Hall–Kier alpha value is -2.39. The summed E-state index contributed by atoms with van der Waals surface area (Å²) in [6, 6.07) is 16.0. The molecule has 21 heavy (non-hydrogen) atoms. The van der Waals surface area contributed by atoms with Crippen LogP contribution in [-0.4, -0.2) is 11.7 Å². The molecule has 3 nitrogen and oxygen atoms in total. The number of rotatable bonds is 4. The molecule has 0 aliphatic heterocycles. The molecule has 0 saturated heterocycles. The Bertz CT molecular complexity index is 693. The van der Waals surface area contributed by atoms with E-state index >= 15 is 0 Å². The van der Waals surface area contributed by atoms with Crippen molar-refractivity contribution in [2.75, 3.05) is 0 Å². The predicted octanol–water partition coefficient (Wildman–Crippen LogP) is 3.70. The summed E-state index contributed by atoms with van der Waals surface area (Å²) in [5.41, 5.74) is 1.61. The zero-order chi connectivity index (χ0) is 15.2. The van der Waals surface area contributed by atoms with E-state index in [0.717, 1.165) is 5.56 Å². The van der Waals surface area contributed by atoms with Crippen LogP contribution in [-0.2, 0) is 4.79 Å². The second kappa shape index (κ2) is 6.86. The lowest BCUT2D eigenvalue weighted by atomic mass is 10.1. The number of hydrogen-bond donors (Lipinski definition) is 1. The molecule has 0 aromatic heterocycles. The van der Waals surface area contributed by atoms with Gasteiger partial charge in [0.15, 0.2) is 5.78 Å². The fourth-order valence-electron chi connectivity index (χ4n) is 1.87. The van der Waals surface area contributed by atoms with E-state index in [1.807, 2.05) is 30.3 Å². The molecule has 0 heterocycles. The third-order valence-corrected chi connectivity index (χ3v) is 3.14. The highest BCUT2D eigenvalue weighted by Gasteiger charge is 2.10. The van der Waals surface area contributed by atoms with Gasteiger partial charge < -0.3 is 5.32 Å². The summed E-state index contributed by atoms with van der Waals surface area (Å²) in [6.07, 6.45) is 1.39. The maximum atomic E-state index is 12.3. The van der Waals surface area contributed by atoms with Gasteiger partial charge in [0, 0.05) is 18.6 Å². The number of nitrogens with one attached hydrogen (secondary N) is 1. The van der Waals surface area contributed by atoms with Crippen molar-refractivity contribution in [3.8, 4) is 0 Å². The van der Waals surface area contributed by atoms with E-state index in [9.17, 15) is 9.59 Å². The first kappa shape index (κ1) is 15.0. The molecule has 0 atom stereocenters. The van der Waals surface area contributed by atoms with Gasteiger partial charge in [-0.25, -0.2) is 0 Å². The number of allylic oxidation sites excluding steroid dienone is 1. The van der Waals surface area contributed by atoms with Crippen molar-refractivity contribution in [2.24, 2.45) is 0 Å². The molecule has 0 bridgehead atoms. The summed E-state index contributed by atoms with van der Waals surface area (Å²) >= 11 is 6.02. The second-order valence-corrected chi connectivity index (χ2v) is 4.86. The van der Waals surface area contributed by atoms with Crippen LogP contribution in [0.25, 0.3) is 5.70 Å². The zero-order valence-corrected chi connectivity index (χ0v) is 12.2. The van der Waals surface area contributed by atoms with Crippen LogP contribution >= 0.6 is 11.6 Å². The number of benzene rings is 2. The van der Waals surface area contributed by atoms with Crippen LogP contribution in [0.2, 0.25) is 5.02 Å². The van der Waals surface area contributed by atoms with Crippen LogP contribution in [0.1, 0.15) is 22.8 Å². The monoisotopic (exact) mass is 299 g/mol. The van der Waals surface area contributed by atoms with Gasteiger partial charge in [-0.1, -0.05) is 54.1 Å². The third-order valence-electron chi connectivity index (χ3n) is 2.81. The molecule has 2 rings (SSSR count). The van der Waals surface area contributed by atoms with Gasteiger partial charge in [0.1, 0.15) is 0 Å². The average molecular weight is 300 g/mol. The summed E-state index contributed by atoms with van der Waals surface area (Å²) in [5.74, 6) is -0.495. The Balaban J connectivity index is 2.39. The first-order valence-electron chi connectivity index (χ1n) is 6.41. The molecule has 0 aliphatic carbocycles. The highest BCUT2D eigenvalue weighted by molar-refractivity contribution is 6.34. The molecule has 0 saturated carbocycles. The third kappa shape index (κ3) is 4.04. The fourth-order valence-corrected chi connectivity index (χ4v) is 2.10. The normalized spacial score (nSPS) is 11.0. The molecule has 106 valence electrons. The van der Waals surface area contributed by atoms with E-state index in [1.165, 1.54) is 13.0 Å². The van der Waals surface area contributed by atoms with Gasteiger partial charge in [0.25, 0.3) is 0 Å². The second-order valence-electron chi connectivity index (χ2n) is 4.45. The summed E-state index contributed by atoms with van der Waals surface area (Å²) < 4.78 is 0. The Morgan fingerprint density at radius 3 is 2.24 bits per heavy atom. The molecule has 0 spiro atoms. The molecule has 0 radical (unpaired) electrons. The topological polar surface area (TPSA) is 46.2 Å². The van der Waals surface area contributed by atoms with Crippen molar-refractivity contribution in [1.82, 2.24) is 5.32 Å². The van der Waals surface area contributed by atoms with Crippen LogP contribution in [0, 0.1) is 0 Å². The lowest BCUT2D eigenvalue weighted by Crippen LogP contribution is -2.19. The Kier molecular flexibility index (Phi) is 4.90. The molecule has 2 aromatic carbocycles. The Morgan fingerprint density at radius 1 is 1.00 bits per heavy atom. The minimum absolute atomic E-state index is 0.239. The maximum Gasteiger partial charge on any atom is 0.221 e. The molecular weight excluding hydrogens is 286 g/mol. The van der Waals surface area contributed by atoms with E-state index < -0.39 is 0 Å². The SMILES string of the molecule is CC(=O)N/C(=C\C(=O)c1ccccc1Cl)c1ccccc1.